The molecule has 2 aliphatic carbocycles. The van der Waals surface area contributed by atoms with E-state index in [4.69, 9.17) is 16.3 Å². The van der Waals surface area contributed by atoms with Crippen LogP contribution in [-0.4, -0.2) is 59.8 Å². The summed E-state index contributed by atoms with van der Waals surface area (Å²) in [7, 11) is -4.00. The molecule has 12 heteroatoms. The average molecular weight is 666 g/mol. The minimum absolute atomic E-state index is 0.102. The van der Waals surface area contributed by atoms with Crippen LogP contribution < -0.4 is 14.4 Å². The Balaban J connectivity index is 1.34. The second kappa shape index (κ2) is 11.7. The van der Waals surface area contributed by atoms with Gasteiger partial charge in [0, 0.05) is 35.0 Å². The summed E-state index contributed by atoms with van der Waals surface area (Å²) < 4.78 is 35.6. The predicted octanol–water partition coefficient (Wildman–Crippen LogP) is 4.89. The second-order valence-electron chi connectivity index (χ2n) is 13.7. The van der Waals surface area contributed by atoms with Crippen LogP contribution in [0.25, 0.3) is 0 Å². The SMILES string of the molecule is C[C@@H]1[C@@H](C)C/C=C\[C@](O)(c2cn[nH]n2)[C@@H]2CC[C@H]2CN2C[C@@]3(CCCc4cc(Cl)ccc43)COc3ccc(cc32)C(=O)NS1(=O)=O. The third kappa shape index (κ3) is 5.40. The fourth-order valence-corrected chi connectivity index (χ4v) is 9.42. The van der Waals surface area contributed by atoms with Crippen molar-refractivity contribution < 1.29 is 23.1 Å². The van der Waals surface area contributed by atoms with Gasteiger partial charge in [-0.25, -0.2) is 13.1 Å². The average Bonchev–Trinajstić information content (AvgIpc) is 3.52. The number of fused-ring (bicyclic) bond motifs is 4. The summed E-state index contributed by atoms with van der Waals surface area (Å²) in [4.78, 5) is 15.7. The number of carbonyl (C=O) groups excluding carboxylic acids is 1. The van der Waals surface area contributed by atoms with Crippen LogP contribution in [-0.2, 0) is 27.5 Å². The zero-order valence-corrected chi connectivity index (χ0v) is 27.7. The molecule has 2 aromatic carbocycles. The molecule has 4 aliphatic rings. The quantitative estimate of drug-likeness (QED) is 0.313. The van der Waals surface area contributed by atoms with Crippen molar-refractivity contribution in [2.24, 2.45) is 17.8 Å². The highest BCUT2D eigenvalue weighted by Gasteiger charge is 2.50. The molecule has 6 atom stereocenters. The summed E-state index contributed by atoms with van der Waals surface area (Å²) >= 11 is 6.42. The lowest BCUT2D eigenvalue weighted by atomic mass is 9.63. The van der Waals surface area contributed by atoms with Crippen molar-refractivity contribution in [3.63, 3.8) is 0 Å². The minimum Gasteiger partial charge on any atom is -0.490 e. The number of sulfonamides is 1. The van der Waals surface area contributed by atoms with Crippen molar-refractivity contribution in [3.8, 4) is 5.75 Å². The summed E-state index contributed by atoms with van der Waals surface area (Å²) in [6, 6.07) is 11.3. The Bertz CT molecular complexity index is 1780. The molecule has 1 fully saturated rings. The predicted molar refractivity (Wildman–Crippen MR) is 175 cm³/mol. The largest absolute Gasteiger partial charge is 0.490 e. The summed E-state index contributed by atoms with van der Waals surface area (Å²) in [6.45, 7) is 5.13. The zero-order valence-electron chi connectivity index (χ0n) is 26.1. The van der Waals surface area contributed by atoms with Crippen molar-refractivity contribution >= 4 is 33.2 Å². The fourth-order valence-electron chi connectivity index (χ4n) is 7.94. The van der Waals surface area contributed by atoms with Gasteiger partial charge in [-0.2, -0.15) is 15.4 Å². The first-order valence-electron chi connectivity index (χ1n) is 16.1. The monoisotopic (exact) mass is 665 g/mol. The van der Waals surface area contributed by atoms with Crippen molar-refractivity contribution in [1.29, 1.82) is 0 Å². The van der Waals surface area contributed by atoms with E-state index < -0.39 is 26.8 Å². The van der Waals surface area contributed by atoms with E-state index in [1.807, 2.05) is 19.1 Å². The third-order valence-electron chi connectivity index (χ3n) is 11.0. The summed E-state index contributed by atoms with van der Waals surface area (Å²) in [5.41, 5.74) is 2.17. The number of nitrogens with zero attached hydrogens (tertiary/aromatic N) is 3. The molecule has 2 bridgehead atoms. The number of benzene rings is 2. The number of aromatic nitrogens is 3. The van der Waals surface area contributed by atoms with Gasteiger partial charge in [0.05, 0.1) is 23.7 Å². The normalized spacial score (nSPS) is 33.0. The smallest absolute Gasteiger partial charge is 0.264 e. The lowest BCUT2D eigenvalue weighted by Gasteiger charge is -2.48. The van der Waals surface area contributed by atoms with Crippen molar-refractivity contribution in [1.82, 2.24) is 20.1 Å². The van der Waals surface area contributed by atoms with Crippen LogP contribution in [0.15, 0.2) is 54.7 Å². The molecular formula is C34H40ClN5O5S. The maximum absolute atomic E-state index is 13.5. The lowest BCUT2D eigenvalue weighted by molar-refractivity contribution is -0.0530. The van der Waals surface area contributed by atoms with Crippen molar-refractivity contribution in [2.45, 2.75) is 68.6 Å². The van der Waals surface area contributed by atoms with Gasteiger partial charge in [0.15, 0.2) is 0 Å². The van der Waals surface area contributed by atoms with Gasteiger partial charge in [-0.05, 0) is 98.7 Å². The number of carbonyl (C=O) groups is 1. The number of rotatable bonds is 1. The van der Waals surface area contributed by atoms with E-state index in [2.05, 4.69) is 37.2 Å². The molecule has 1 spiro atoms. The van der Waals surface area contributed by atoms with Crippen LogP contribution in [0.5, 0.6) is 5.75 Å². The van der Waals surface area contributed by atoms with Gasteiger partial charge in [-0.15, -0.1) is 0 Å². The third-order valence-corrected chi connectivity index (χ3v) is 13.1. The first kappa shape index (κ1) is 31.2. The molecular weight excluding hydrogens is 626 g/mol. The number of hydrogen-bond acceptors (Lipinski definition) is 8. The molecule has 46 heavy (non-hydrogen) atoms. The van der Waals surface area contributed by atoms with E-state index in [0.29, 0.717) is 42.6 Å². The van der Waals surface area contributed by atoms with Crippen LogP contribution in [0.2, 0.25) is 5.02 Å². The number of H-pyrrole nitrogens is 1. The van der Waals surface area contributed by atoms with Gasteiger partial charge >= 0.3 is 0 Å². The lowest BCUT2D eigenvalue weighted by Crippen LogP contribution is -2.51. The Hall–Kier alpha value is -3.41. The van der Waals surface area contributed by atoms with E-state index in [0.717, 1.165) is 37.8 Å². The van der Waals surface area contributed by atoms with E-state index in [-0.39, 0.29) is 28.7 Å². The first-order valence-corrected chi connectivity index (χ1v) is 18.0. The van der Waals surface area contributed by atoms with Crippen LogP contribution in [0, 0.1) is 17.8 Å². The van der Waals surface area contributed by atoms with E-state index in [1.165, 1.54) is 11.1 Å². The van der Waals surface area contributed by atoms with Gasteiger partial charge in [0.2, 0.25) is 10.0 Å². The summed E-state index contributed by atoms with van der Waals surface area (Å²) in [5.74, 6) is -0.393. The molecule has 0 saturated heterocycles. The Labute approximate surface area is 274 Å². The van der Waals surface area contributed by atoms with Gasteiger partial charge in [0.25, 0.3) is 5.91 Å². The molecule has 7 rings (SSSR count). The van der Waals surface area contributed by atoms with Gasteiger partial charge in [0.1, 0.15) is 17.0 Å². The molecule has 0 unspecified atom stereocenters. The highest BCUT2D eigenvalue weighted by molar-refractivity contribution is 7.90. The number of anilines is 1. The molecule has 10 nitrogen and oxygen atoms in total. The van der Waals surface area contributed by atoms with Gasteiger partial charge < -0.3 is 14.7 Å². The molecule has 3 N–H and O–H groups in total. The van der Waals surface area contributed by atoms with Crippen LogP contribution >= 0.6 is 11.6 Å². The van der Waals surface area contributed by atoms with Crippen LogP contribution in [0.1, 0.15) is 73.1 Å². The highest BCUT2D eigenvalue weighted by Crippen LogP contribution is 2.50. The maximum Gasteiger partial charge on any atom is 0.264 e. The number of aromatic amines is 1. The second-order valence-corrected chi connectivity index (χ2v) is 16.2. The van der Waals surface area contributed by atoms with Gasteiger partial charge in [-0.3, -0.25) is 4.79 Å². The molecule has 3 aromatic rings. The number of halogens is 1. The number of aryl methyl sites for hydroxylation is 1. The number of amides is 1. The number of ether oxygens (including phenoxy) is 1. The topological polar surface area (TPSA) is 138 Å². The zero-order chi connectivity index (χ0) is 32.3. The molecule has 0 radical (unpaired) electrons. The van der Waals surface area contributed by atoms with Crippen molar-refractivity contribution in [3.05, 3.63) is 82.2 Å². The maximum atomic E-state index is 13.5. The molecule has 1 amide bonds. The Kier molecular flexibility index (Phi) is 7.92. The standard InChI is InChI=1S/C34H40ClN5O5S/c1-21-5-3-14-34(42,31-17-36-39-37-31)28-10-7-25(28)18-40-19-33(13-4-6-23-15-26(35)9-11-27(23)33)20-45-30-12-8-24(16-29(30)40)32(41)38-46(43,44)22(21)2/h3,8-9,11-12,14-17,21-22,25,28,42H,4-7,10,13,18-20H2,1-2H3,(H,38,41)(H,36,37,39)/b14-3-/t21-,22+,25-,28+,33-,34+/m0/s1. The highest BCUT2D eigenvalue weighted by atomic mass is 35.5. The van der Waals surface area contributed by atoms with Gasteiger partial charge in [-0.1, -0.05) is 36.7 Å². The van der Waals surface area contributed by atoms with E-state index in [1.54, 1.807) is 37.4 Å². The van der Waals surface area contributed by atoms with Crippen molar-refractivity contribution in [2.75, 3.05) is 24.6 Å². The summed E-state index contributed by atoms with van der Waals surface area (Å²) in [6.07, 6.45) is 10.1. The molecule has 244 valence electrons. The number of nitrogens with one attached hydrogen (secondary N) is 2. The summed E-state index contributed by atoms with van der Waals surface area (Å²) in [5, 5.41) is 23.1. The first-order chi connectivity index (χ1) is 22.0. The van der Waals surface area contributed by atoms with Crippen LogP contribution in [0.4, 0.5) is 5.69 Å². The Morgan fingerprint density at radius 2 is 2.00 bits per heavy atom. The molecule has 2 aliphatic heterocycles. The molecule has 1 saturated carbocycles. The van der Waals surface area contributed by atoms with E-state index >= 15 is 0 Å². The fraction of sp³-hybridized carbons (Fsp3) is 0.500. The molecule has 3 heterocycles. The minimum atomic E-state index is -4.00. The number of allylic oxidation sites excluding steroid dienone is 1. The Morgan fingerprint density at radius 3 is 2.76 bits per heavy atom. The number of aliphatic hydroxyl groups is 1. The Morgan fingerprint density at radius 1 is 1.15 bits per heavy atom. The molecule has 1 aromatic heterocycles. The van der Waals surface area contributed by atoms with E-state index in [9.17, 15) is 18.3 Å². The number of hydrogen-bond donors (Lipinski definition) is 3. The van der Waals surface area contributed by atoms with Crippen LogP contribution in [0.3, 0.4) is 0 Å².